The van der Waals surface area contributed by atoms with Crippen LogP contribution in [0, 0.1) is 6.92 Å². The number of nitrogens with one attached hydrogen (secondary N) is 1. The van der Waals surface area contributed by atoms with E-state index in [1.54, 1.807) is 43.0 Å². The van der Waals surface area contributed by atoms with Crippen LogP contribution >= 0.6 is 0 Å². The van der Waals surface area contributed by atoms with Crippen molar-refractivity contribution in [1.82, 2.24) is 29.9 Å². The Kier molecular flexibility index (Phi) is 5.59. The van der Waals surface area contributed by atoms with Crippen molar-refractivity contribution in [3.63, 3.8) is 0 Å². The molecule has 3 heterocycles. The zero-order valence-electron chi connectivity index (χ0n) is 16.2. The van der Waals surface area contributed by atoms with Crippen LogP contribution in [-0.2, 0) is 11.8 Å². The van der Waals surface area contributed by atoms with E-state index in [9.17, 15) is 9.59 Å². The van der Waals surface area contributed by atoms with Crippen molar-refractivity contribution in [1.29, 1.82) is 0 Å². The first-order valence-corrected chi connectivity index (χ1v) is 9.03. The van der Waals surface area contributed by atoms with Crippen molar-refractivity contribution >= 4 is 11.8 Å². The molecular formula is C18H26N6O3. The number of likely N-dealkylation sites (tertiary alicyclic amines) is 1. The highest BCUT2D eigenvalue weighted by molar-refractivity contribution is 5.93. The quantitative estimate of drug-likeness (QED) is 0.826. The number of carbonyl (C=O) groups excluding carboxylic acids is 2. The van der Waals surface area contributed by atoms with Crippen LogP contribution in [0.2, 0.25) is 0 Å². The zero-order chi connectivity index (χ0) is 19.6. The molecule has 0 aliphatic carbocycles. The molecule has 1 N–H and O–H groups in total. The van der Waals surface area contributed by atoms with Crippen molar-refractivity contribution in [3.8, 4) is 11.5 Å². The fraction of sp³-hybridized carbons (Fsp3) is 0.556. The molecule has 0 saturated carbocycles. The summed E-state index contributed by atoms with van der Waals surface area (Å²) in [6, 6.07) is 0.0705. The zero-order valence-corrected chi connectivity index (χ0v) is 16.2. The van der Waals surface area contributed by atoms with E-state index in [-0.39, 0.29) is 17.9 Å². The third-order valence-corrected chi connectivity index (χ3v) is 4.74. The van der Waals surface area contributed by atoms with E-state index in [1.165, 1.54) is 0 Å². The third-order valence-electron chi connectivity index (χ3n) is 4.74. The second-order valence-corrected chi connectivity index (χ2v) is 7.14. The van der Waals surface area contributed by atoms with E-state index in [2.05, 4.69) is 20.3 Å². The molecule has 1 saturated heterocycles. The van der Waals surface area contributed by atoms with Crippen molar-refractivity contribution in [2.45, 2.75) is 25.8 Å². The summed E-state index contributed by atoms with van der Waals surface area (Å²) in [7, 11) is 5.33. The van der Waals surface area contributed by atoms with E-state index in [0.29, 0.717) is 23.9 Å². The molecule has 2 aromatic rings. The van der Waals surface area contributed by atoms with Crippen molar-refractivity contribution < 1.29 is 14.0 Å². The number of nitrogens with zero attached hydrogens (tertiary/aromatic N) is 5. The van der Waals surface area contributed by atoms with Crippen LogP contribution in [-0.4, -0.2) is 76.2 Å². The lowest BCUT2D eigenvalue weighted by Crippen LogP contribution is -2.47. The number of carbonyl (C=O) groups is 2. The number of oxazole rings is 1. The number of aromatic nitrogens is 3. The molecule has 146 valence electrons. The van der Waals surface area contributed by atoms with Crippen LogP contribution in [0.25, 0.3) is 11.5 Å². The molecular weight excluding hydrogens is 348 g/mol. The second-order valence-electron chi connectivity index (χ2n) is 7.14. The van der Waals surface area contributed by atoms with Crippen molar-refractivity contribution in [2.75, 3.05) is 33.7 Å². The fourth-order valence-corrected chi connectivity index (χ4v) is 3.08. The smallest absolute Gasteiger partial charge is 0.273 e. The maximum absolute atomic E-state index is 12.6. The second kappa shape index (κ2) is 7.91. The molecule has 0 unspecified atom stereocenters. The van der Waals surface area contributed by atoms with Crippen LogP contribution in [0.5, 0.6) is 0 Å². The molecule has 9 heteroatoms. The molecule has 3 rings (SSSR count). The van der Waals surface area contributed by atoms with Gasteiger partial charge in [0.2, 0.25) is 11.8 Å². The highest BCUT2D eigenvalue weighted by atomic mass is 16.4. The summed E-state index contributed by atoms with van der Waals surface area (Å²) < 4.78 is 7.29. The third kappa shape index (κ3) is 4.54. The number of rotatable bonds is 5. The summed E-state index contributed by atoms with van der Waals surface area (Å²) in [6.45, 7) is 3.72. The normalized spacial score (nSPS) is 15.7. The summed E-state index contributed by atoms with van der Waals surface area (Å²) in [5.74, 6) is 0.746. The molecule has 1 aliphatic heterocycles. The maximum atomic E-state index is 12.6. The highest BCUT2D eigenvalue weighted by Crippen LogP contribution is 2.21. The number of hydrogen-bond donors (Lipinski definition) is 1. The molecule has 1 aliphatic rings. The first-order valence-electron chi connectivity index (χ1n) is 9.03. The Bertz CT molecular complexity index is 817. The highest BCUT2D eigenvalue weighted by Gasteiger charge is 2.25. The van der Waals surface area contributed by atoms with Crippen molar-refractivity contribution in [3.05, 3.63) is 23.8 Å². The van der Waals surface area contributed by atoms with Gasteiger partial charge >= 0.3 is 0 Å². The van der Waals surface area contributed by atoms with Gasteiger partial charge in [-0.25, -0.2) is 4.98 Å². The minimum Gasteiger partial charge on any atom is -0.440 e. The van der Waals surface area contributed by atoms with Crippen LogP contribution in [0.15, 0.2) is 16.8 Å². The number of amides is 2. The summed E-state index contributed by atoms with van der Waals surface area (Å²) in [4.78, 5) is 32.5. The fourth-order valence-electron chi connectivity index (χ4n) is 3.08. The van der Waals surface area contributed by atoms with E-state index in [4.69, 9.17) is 4.42 Å². The summed E-state index contributed by atoms with van der Waals surface area (Å²) in [5.41, 5.74) is 1.04. The average molecular weight is 374 g/mol. The van der Waals surface area contributed by atoms with Gasteiger partial charge in [-0.3, -0.25) is 19.2 Å². The Morgan fingerprint density at radius 1 is 1.33 bits per heavy atom. The SMILES string of the molecule is Cc1oc(-c2cnn(C)c2)nc1C(=O)NC1CCN(CC(=O)N(C)C)CC1. The standard InChI is InChI=1S/C18H26N6O3/c1-12-16(21-18(27-12)13-9-19-23(4)10-13)17(26)20-14-5-7-24(8-6-14)11-15(25)22(2)3/h9-10,14H,5-8,11H2,1-4H3,(H,20,26). The van der Waals surface area contributed by atoms with Crippen LogP contribution in [0.3, 0.4) is 0 Å². The average Bonchev–Trinajstić information content (AvgIpc) is 3.22. The molecule has 0 aromatic carbocycles. The largest absolute Gasteiger partial charge is 0.440 e. The lowest BCUT2D eigenvalue weighted by molar-refractivity contribution is -0.130. The van der Waals surface area contributed by atoms with Gasteiger partial charge in [-0.1, -0.05) is 0 Å². The minimum atomic E-state index is -0.228. The van der Waals surface area contributed by atoms with Gasteiger partial charge in [0.05, 0.1) is 18.3 Å². The van der Waals surface area contributed by atoms with Crippen LogP contribution in [0.4, 0.5) is 0 Å². The molecule has 0 radical (unpaired) electrons. The lowest BCUT2D eigenvalue weighted by Gasteiger charge is -2.32. The predicted octanol–water partition coefficient (Wildman–Crippen LogP) is 0.666. The van der Waals surface area contributed by atoms with Crippen molar-refractivity contribution in [2.24, 2.45) is 7.05 Å². The van der Waals surface area contributed by atoms with E-state index in [1.807, 2.05) is 7.05 Å². The van der Waals surface area contributed by atoms with E-state index in [0.717, 1.165) is 31.5 Å². The van der Waals surface area contributed by atoms with Gasteiger partial charge in [0.15, 0.2) is 5.69 Å². The molecule has 1 fully saturated rings. The Labute approximate surface area is 158 Å². The van der Waals surface area contributed by atoms with Crippen LogP contribution < -0.4 is 5.32 Å². The number of likely N-dealkylation sites (N-methyl/N-ethyl adjacent to an activating group) is 1. The minimum absolute atomic E-state index is 0.0705. The van der Waals surface area contributed by atoms with Gasteiger partial charge < -0.3 is 14.6 Å². The molecule has 0 bridgehead atoms. The lowest BCUT2D eigenvalue weighted by atomic mass is 10.0. The van der Waals surface area contributed by atoms with Gasteiger partial charge in [0.1, 0.15) is 5.76 Å². The summed E-state index contributed by atoms with van der Waals surface area (Å²) in [5, 5.41) is 7.13. The topological polar surface area (TPSA) is 96.5 Å². The molecule has 9 nitrogen and oxygen atoms in total. The Balaban J connectivity index is 1.56. The van der Waals surface area contributed by atoms with E-state index < -0.39 is 0 Å². The number of piperidine rings is 1. The van der Waals surface area contributed by atoms with Gasteiger partial charge in [-0.05, 0) is 19.8 Å². The molecule has 27 heavy (non-hydrogen) atoms. The molecule has 0 atom stereocenters. The predicted molar refractivity (Wildman–Crippen MR) is 99.1 cm³/mol. The Morgan fingerprint density at radius 2 is 2.04 bits per heavy atom. The molecule has 2 aromatic heterocycles. The molecule has 2 amide bonds. The Hall–Kier alpha value is -2.68. The maximum Gasteiger partial charge on any atom is 0.273 e. The first-order chi connectivity index (χ1) is 12.8. The Morgan fingerprint density at radius 3 is 2.63 bits per heavy atom. The van der Waals surface area contributed by atoms with Gasteiger partial charge in [0.25, 0.3) is 5.91 Å². The molecule has 0 spiro atoms. The van der Waals surface area contributed by atoms with Crippen LogP contribution in [0.1, 0.15) is 29.1 Å². The van der Waals surface area contributed by atoms with Gasteiger partial charge in [-0.15, -0.1) is 0 Å². The summed E-state index contributed by atoms with van der Waals surface area (Å²) >= 11 is 0. The van der Waals surface area contributed by atoms with Gasteiger partial charge in [0, 0.05) is 46.5 Å². The summed E-state index contributed by atoms with van der Waals surface area (Å²) in [6.07, 6.45) is 5.05. The van der Waals surface area contributed by atoms with E-state index >= 15 is 0 Å². The number of aryl methyl sites for hydroxylation is 2. The number of hydrogen-bond acceptors (Lipinski definition) is 6. The first kappa shape index (κ1) is 19.1. The monoisotopic (exact) mass is 374 g/mol. The van der Waals surface area contributed by atoms with Gasteiger partial charge in [-0.2, -0.15) is 5.10 Å².